The van der Waals surface area contributed by atoms with Crippen molar-refractivity contribution in [3.63, 3.8) is 0 Å². The average molecular weight is 374 g/mol. The number of nitrogens with one attached hydrogen (secondary N) is 2. The van der Waals surface area contributed by atoms with Crippen LogP contribution in [0, 0.1) is 0 Å². The highest BCUT2D eigenvalue weighted by molar-refractivity contribution is 7.98. The standard InChI is InChI=1S/C14H21ClN2OS.2ClH/c15-13-3-1-2-12(8-13)9-19-7-6-17-11-14(18)4-5-16-10-14;;/h1-3,8,16-18H,4-7,9-11H2;2*1H. The summed E-state index contributed by atoms with van der Waals surface area (Å²) in [5, 5.41) is 17.4. The lowest BCUT2D eigenvalue weighted by molar-refractivity contribution is 0.0619. The number of hydrogen-bond donors (Lipinski definition) is 3. The highest BCUT2D eigenvalue weighted by Gasteiger charge is 2.29. The Hall–Kier alpha value is 0.320. The van der Waals surface area contributed by atoms with Crippen LogP contribution in [0.5, 0.6) is 0 Å². The van der Waals surface area contributed by atoms with Crippen LogP contribution in [-0.4, -0.2) is 42.6 Å². The molecule has 122 valence electrons. The number of β-amino-alcohol motifs (C(OH)–C–C–N with tert-alkyl or cyclic N) is 1. The Morgan fingerprint density at radius 1 is 1.38 bits per heavy atom. The van der Waals surface area contributed by atoms with Gasteiger partial charge in [-0.3, -0.25) is 0 Å². The molecule has 1 fully saturated rings. The highest BCUT2D eigenvalue weighted by Crippen LogP contribution is 2.16. The molecule has 7 heteroatoms. The van der Waals surface area contributed by atoms with Gasteiger partial charge < -0.3 is 15.7 Å². The summed E-state index contributed by atoms with van der Waals surface area (Å²) in [5.74, 6) is 2.02. The first-order valence-corrected chi connectivity index (χ1v) is 8.17. The molecule has 1 atom stereocenters. The molecule has 2 rings (SSSR count). The molecule has 0 radical (unpaired) electrons. The van der Waals surface area contributed by atoms with Crippen molar-refractivity contribution in [3.8, 4) is 0 Å². The van der Waals surface area contributed by atoms with E-state index in [1.165, 1.54) is 5.56 Å². The number of hydrogen-bond acceptors (Lipinski definition) is 4. The second-order valence-corrected chi connectivity index (χ2v) is 6.55. The summed E-state index contributed by atoms with van der Waals surface area (Å²) in [5.41, 5.74) is 0.716. The molecule has 1 aromatic rings. The first kappa shape index (κ1) is 21.3. The Bertz CT molecular complexity index is 404. The van der Waals surface area contributed by atoms with Gasteiger partial charge >= 0.3 is 0 Å². The molecule has 0 amide bonds. The lowest BCUT2D eigenvalue weighted by Gasteiger charge is -2.21. The molecule has 1 unspecified atom stereocenters. The van der Waals surface area contributed by atoms with E-state index in [-0.39, 0.29) is 24.8 Å². The second kappa shape index (κ2) is 10.9. The largest absolute Gasteiger partial charge is 0.387 e. The smallest absolute Gasteiger partial charge is 0.0907 e. The Morgan fingerprint density at radius 2 is 2.19 bits per heavy atom. The fourth-order valence-electron chi connectivity index (χ4n) is 2.16. The minimum absolute atomic E-state index is 0. The van der Waals surface area contributed by atoms with Crippen molar-refractivity contribution in [1.29, 1.82) is 0 Å². The zero-order valence-corrected chi connectivity index (χ0v) is 15.0. The van der Waals surface area contributed by atoms with E-state index in [9.17, 15) is 5.11 Å². The number of halogens is 3. The van der Waals surface area contributed by atoms with Crippen LogP contribution in [0.1, 0.15) is 12.0 Å². The van der Waals surface area contributed by atoms with Gasteiger partial charge in [-0.2, -0.15) is 11.8 Å². The van der Waals surface area contributed by atoms with Gasteiger partial charge in [0.15, 0.2) is 0 Å². The fraction of sp³-hybridized carbons (Fsp3) is 0.571. The molecule has 1 saturated heterocycles. The third-order valence-corrected chi connectivity index (χ3v) is 4.52. The second-order valence-electron chi connectivity index (χ2n) is 5.01. The van der Waals surface area contributed by atoms with Crippen LogP contribution in [0.2, 0.25) is 5.02 Å². The molecule has 0 spiro atoms. The van der Waals surface area contributed by atoms with Crippen LogP contribution in [0.4, 0.5) is 0 Å². The normalized spacial score (nSPS) is 20.7. The average Bonchev–Trinajstić information content (AvgIpc) is 2.81. The molecular weight excluding hydrogens is 351 g/mol. The zero-order valence-electron chi connectivity index (χ0n) is 11.8. The molecule has 1 aromatic carbocycles. The summed E-state index contributed by atoms with van der Waals surface area (Å²) in [7, 11) is 0. The van der Waals surface area contributed by atoms with E-state index >= 15 is 0 Å². The van der Waals surface area contributed by atoms with Gasteiger partial charge in [0.1, 0.15) is 0 Å². The van der Waals surface area contributed by atoms with Crippen molar-refractivity contribution in [2.75, 3.05) is 31.9 Å². The predicted molar refractivity (Wildman–Crippen MR) is 97.4 cm³/mol. The molecule has 0 aliphatic carbocycles. The minimum Gasteiger partial charge on any atom is -0.387 e. The van der Waals surface area contributed by atoms with Crippen molar-refractivity contribution in [1.82, 2.24) is 10.6 Å². The van der Waals surface area contributed by atoms with Crippen LogP contribution < -0.4 is 10.6 Å². The molecule has 1 heterocycles. The van der Waals surface area contributed by atoms with E-state index in [0.29, 0.717) is 13.1 Å². The molecule has 3 nitrogen and oxygen atoms in total. The van der Waals surface area contributed by atoms with Crippen LogP contribution in [-0.2, 0) is 5.75 Å². The number of thioether (sulfide) groups is 1. The summed E-state index contributed by atoms with van der Waals surface area (Å²) in [6.45, 7) is 3.22. The number of aliphatic hydroxyl groups is 1. The Balaban J connectivity index is 0.00000200. The predicted octanol–water partition coefficient (Wildman–Crippen LogP) is 2.73. The van der Waals surface area contributed by atoms with Gasteiger partial charge in [-0.1, -0.05) is 23.7 Å². The van der Waals surface area contributed by atoms with Crippen LogP contribution in [0.25, 0.3) is 0 Å². The minimum atomic E-state index is -0.544. The third-order valence-electron chi connectivity index (χ3n) is 3.26. The molecular formula is C14H23Cl3N2OS. The van der Waals surface area contributed by atoms with Gasteiger partial charge in [0.2, 0.25) is 0 Å². The maximum absolute atomic E-state index is 10.1. The van der Waals surface area contributed by atoms with Crippen LogP contribution in [0.3, 0.4) is 0 Å². The Morgan fingerprint density at radius 3 is 2.86 bits per heavy atom. The lowest BCUT2D eigenvalue weighted by Crippen LogP contribution is -2.42. The Labute approximate surface area is 148 Å². The van der Waals surface area contributed by atoms with Gasteiger partial charge in [-0.25, -0.2) is 0 Å². The van der Waals surface area contributed by atoms with Crippen molar-refractivity contribution in [2.45, 2.75) is 17.8 Å². The van der Waals surface area contributed by atoms with E-state index in [1.54, 1.807) is 0 Å². The van der Waals surface area contributed by atoms with Crippen LogP contribution in [0.15, 0.2) is 24.3 Å². The molecule has 1 aliphatic heterocycles. The maximum Gasteiger partial charge on any atom is 0.0907 e. The monoisotopic (exact) mass is 372 g/mol. The van der Waals surface area contributed by atoms with Gasteiger partial charge in [0, 0.05) is 36.2 Å². The molecule has 21 heavy (non-hydrogen) atoms. The van der Waals surface area contributed by atoms with Crippen molar-refractivity contribution in [2.24, 2.45) is 0 Å². The first-order chi connectivity index (χ1) is 9.18. The number of benzene rings is 1. The SMILES string of the molecule is Cl.Cl.OC1(CNCCSCc2cccc(Cl)c2)CCNC1. The van der Waals surface area contributed by atoms with Crippen molar-refractivity contribution in [3.05, 3.63) is 34.9 Å². The van der Waals surface area contributed by atoms with Gasteiger partial charge in [-0.15, -0.1) is 24.8 Å². The maximum atomic E-state index is 10.1. The first-order valence-electron chi connectivity index (χ1n) is 6.64. The molecule has 1 aliphatic rings. The lowest BCUT2D eigenvalue weighted by atomic mass is 10.0. The van der Waals surface area contributed by atoms with E-state index in [0.717, 1.165) is 36.0 Å². The van der Waals surface area contributed by atoms with Crippen LogP contribution >= 0.6 is 48.2 Å². The number of rotatable bonds is 7. The van der Waals surface area contributed by atoms with Gasteiger partial charge in [0.05, 0.1) is 5.60 Å². The third kappa shape index (κ3) is 7.93. The fourth-order valence-corrected chi connectivity index (χ4v) is 3.22. The van der Waals surface area contributed by atoms with Crippen molar-refractivity contribution < 1.29 is 5.11 Å². The summed E-state index contributed by atoms with van der Waals surface area (Å²) >= 11 is 7.82. The van der Waals surface area contributed by atoms with E-state index in [2.05, 4.69) is 16.7 Å². The van der Waals surface area contributed by atoms with Gasteiger partial charge in [0.25, 0.3) is 0 Å². The molecule has 0 bridgehead atoms. The summed E-state index contributed by atoms with van der Waals surface area (Å²) in [6, 6.07) is 7.99. The summed E-state index contributed by atoms with van der Waals surface area (Å²) in [4.78, 5) is 0. The van der Waals surface area contributed by atoms with Crippen molar-refractivity contribution >= 4 is 48.2 Å². The topological polar surface area (TPSA) is 44.3 Å². The summed E-state index contributed by atoms with van der Waals surface area (Å²) in [6.07, 6.45) is 0.843. The van der Waals surface area contributed by atoms with E-state index < -0.39 is 5.60 Å². The van der Waals surface area contributed by atoms with Gasteiger partial charge in [-0.05, 0) is 30.7 Å². The van der Waals surface area contributed by atoms with E-state index in [4.69, 9.17) is 11.6 Å². The highest BCUT2D eigenvalue weighted by atomic mass is 35.5. The molecule has 0 saturated carbocycles. The summed E-state index contributed by atoms with van der Waals surface area (Å²) < 4.78 is 0. The quantitative estimate of drug-likeness (QED) is 0.643. The molecule has 0 aromatic heterocycles. The van der Waals surface area contributed by atoms with E-state index in [1.807, 2.05) is 30.0 Å². The molecule has 3 N–H and O–H groups in total. The zero-order chi connectivity index (χ0) is 13.6. The Kier molecular flexibility index (Phi) is 11.1.